The fourth-order valence-corrected chi connectivity index (χ4v) is 4.21. The maximum Gasteiger partial charge on any atom is 0.272 e. The molecule has 142 valence electrons. The van der Waals surface area contributed by atoms with Gasteiger partial charge in [-0.1, -0.05) is 25.1 Å². The van der Waals surface area contributed by atoms with Gasteiger partial charge in [0.05, 0.1) is 11.7 Å². The van der Waals surface area contributed by atoms with E-state index in [2.05, 4.69) is 9.97 Å². The third-order valence-corrected chi connectivity index (χ3v) is 5.66. The van der Waals surface area contributed by atoms with Gasteiger partial charge in [0.25, 0.3) is 5.91 Å². The molecule has 0 spiro atoms. The van der Waals surface area contributed by atoms with Crippen LogP contribution < -0.4 is 0 Å². The Kier molecular flexibility index (Phi) is 4.92. The normalized spacial score (nSPS) is 12.2. The molecule has 0 saturated carbocycles. The molecule has 0 fully saturated rings. The van der Waals surface area contributed by atoms with Crippen LogP contribution in [0.2, 0.25) is 0 Å². The molecule has 7 heteroatoms. The minimum Gasteiger partial charge on any atom is -0.333 e. The molecule has 1 amide bonds. The highest BCUT2D eigenvalue weighted by Gasteiger charge is 2.25. The predicted octanol–water partition coefficient (Wildman–Crippen LogP) is 4.82. The summed E-state index contributed by atoms with van der Waals surface area (Å²) in [5.41, 5.74) is 2.44. The number of hydrogen-bond acceptors (Lipinski definition) is 4. The molecule has 28 heavy (non-hydrogen) atoms. The van der Waals surface area contributed by atoms with E-state index < -0.39 is 0 Å². The number of imidazole rings is 1. The van der Waals surface area contributed by atoms with Crippen LogP contribution in [-0.2, 0) is 0 Å². The summed E-state index contributed by atoms with van der Waals surface area (Å²) in [6.45, 7) is 2.04. The quantitative estimate of drug-likeness (QED) is 0.488. The summed E-state index contributed by atoms with van der Waals surface area (Å²) >= 11 is 1.37. The van der Waals surface area contributed by atoms with E-state index in [1.807, 2.05) is 19.1 Å². The predicted molar refractivity (Wildman–Crippen MR) is 108 cm³/mol. The second kappa shape index (κ2) is 7.52. The van der Waals surface area contributed by atoms with Gasteiger partial charge in [-0.2, -0.15) is 0 Å². The second-order valence-corrected chi connectivity index (χ2v) is 7.34. The van der Waals surface area contributed by atoms with Crippen molar-refractivity contribution in [3.63, 3.8) is 0 Å². The summed E-state index contributed by atoms with van der Waals surface area (Å²) < 4.78 is 15.8. The zero-order chi connectivity index (χ0) is 19.7. The Balaban J connectivity index is 1.69. The topological polar surface area (TPSA) is 50.5 Å². The lowest BCUT2D eigenvalue weighted by molar-refractivity contribution is 0.0719. The van der Waals surface area contributed by atoms with Crippen molar-refractivity contribution >= 4 is 22.2 Å². The van der Waals surface area contributed by atoms with Gasteiger partial charge in [0.15, 0.2) is 4.96 Å². The van der Waals surface area contributed by atoms with E-state index >= 15 is 0 Å². The van der Waals surface area contributed by atoms with E-state index in [1.54, 1.807) is 58.5 Å². The van der Waals surface area contributed by atoms with Crippen LogP contribution in [-0.4, -0.2) is 32.2 Å². The van der Waals surface area contributed by atoms with E-state index in [0.29, 0.717) is 21.9 Å². The van der Waals surface area contributed by atoms with E-state index in [4.69, 9.17) is 0 Å². The van der Waals surface area contributed by atoms with Crippen molar-refractivity contribution in [1.29, 1.82) is 0 Å². The zero-order valence-corrected chi connectivity index (χ0v) is 16.4. The van der Waals surface area contributed by atoms with Gasteiger partial charge in [0.2, 0.25) is 0 Å². The van der Waals surface area contributed by atoms with Crippen molar-refractivity contribution in [2.75, 3.05) is 7.05 Å². The average Bonchev–Trinajstić information content (AvgIpc) is 3.30. The highest BCUT2D eigenvalue weighted by atomic mass is 32.1. The van der Waals surface area contributed by atoms with Gasteiger partial charge in [0, 0.05) is 36.6 Å². The Bertz CT molecular complexity index is 1120. The minimum atomic E-state index is -0.333. The Morgan fingerprint density at radius 3 is 2.82 bits per heavy atom. The summed E-state index contributed by atoms with van der Waals surface area (Å²) in [4.78, 5) is 24.2. The number of fused-ring (bicyclic) bond motifs is 1. The molecule has 3 aromatic heterocycles. The Morgan fingerprint density at radius 1 is 1.29 bits per heavy atom. The minimum absolute atomic E-state index is 0.0780. The number of amides is 1. The van der Waals surface area contributed by atoms with Crippen LogP contribution in [0.15, 0.2) is 60.4 Å². The lowest BCUT2D eigenvalue weighted by Crippen LogP contribution is -2.31. The highest BCUT2D eigenvalue weighted by Crippen LogP contribution is 2.28. The summed E-state index contributed by atoms with van der Waals surface area (Å²) in [6, 6.07) is 10.3. The number of carbonyl (C=O) groups is 1. The van der Waals surface area contributed by atoms with Crippen molar-refractivity contribution in [3.8, 4) is 11.3 Å². The van der Waals surface area contributed by atoms with Gasteiger partial charge in [-0.25, -0.2) is 9.37 Å². The maximum absolute atomic E-state index is 14.1. The molecule has 1 aromatic carbocycles. The molecule has 0 bridgehead atoms. The maximum atomic E-state index is 14.1. The monoisotopic (exact) mass is 394 g/mol. The number of pyridine rings is 1. The van der Waals surface area contributed by atoms with Gasteiger partial charge in [0.1, 0.15) is 11.5 Å². The zero-order valence-electron chi connectivity index (χ0n) is 15.5. The van der Waals surface area contributed by atoms with Crippen LogP contribution >= 0.6 is 11.3 Å². The lowest BCUT2D eigenvalue weighted by atomic mass is 10.1. The van der Waals surface area contributed by atoms with Gasteiger partial charge >= 0.3 is 0 Å². The Morgan fingerprint density at radius 2 is 2.11 bits per heavy atom. The first kappa shape index (κ1) is 18.3. The first-order chi connectivity index (χ1) is 13.6. The van der Waals surface area contributed by atoms with E-state index in [1.165, 1.54) is 17.4 Å². The van der Waals surface area contributed by atoms with Crippen LogP contribution in [0.25, 0.3) is 16.2 Å². The Labute approximate surface area is 166 Å². The van der Waals surface area contributed by atoms with Crippen LogP contribution in [0.1, 0.15) is 35.4 Å². The van der Waals surface area contributed by atoms with Gasteiger partial charge in [-0.05, 0) is 30.2 Å². The summed E-state index contributed by atoms with van der Waals surface area (Å²) in [6.07, 6.45) is 5.99. The molecular formula is C21H19FN4OS. The van der Waals surface area contributed by atoms with Gasteiger partial charge in [-0.15, -0.1) is 11.3 Å². The third-order valence-electron chi connectivity index (χ3n) is 4.82. The largest absolute Gasteiger partial charge is 0.333 e. The Hall–Kier alpha value is -3.06. The van der Waals surface area contributed by atoms with Crippen LogP contribution in [0.5, 0.6) is 0 Å². The number of hydrogen-bond donors (Lipinski definition) is 0. The van der Waals surface area contributed by atoms with Crippen LogP contribution in [0, 0.1) is 5.82 Å². The molecule has 4 rings (SSSR count). The van der Waals surface area contributed by atoms with Crippen LogP contribution in [0.4, 0.5) is 4.39 Å². The number of rotatable bonds is 5. The molecule has 0 saturated heterocycles. The van der Waals surface area contributed by atoms with Crippen LogP contribution in [0.3, 0.4) is 0 Å². The third kappa shape index (κ3) is 3.18. The summed E-state index contributed by atoms with van der Waals surface area (Å²) in [5.74, 6) is -0.444. The molecule has 0 aliphatic heterocycles. The molecule has 0 unspecified atom stereocenters. The smallest absolute Gasteiger partial charge is 0.272 e. The lowest BCUT2D eigenvalue weighted by Gasteiger charge is -2.27. The average molecular weight is 394 g/mol. The standard InChI is InChI=1S/C21H19FN4OS/c1-3-18(14-7-6-10-23-11-14)25(2)20(27)19-13-28-21-24-17(12-26(19)21)15-8-4-5-9-16(15)22/h4-13,18H,3H2,1-2H3/t18-/m1/s1. The molecular weight excluding hydrogens is 375 g/mol. The van der Waals surface area contributed by atoms with Gasteiger partial charge < -0.3 is 4.90 Å². The number of carbonyl (C=O) groups excluding carboxylic acids is 1. The van der Waals surface area contributed by atoms with Crippen molar-refractivity contribution < 1.29 is 9.18 Å². The molecule has 0 aliphatic rings. The highest BCUT2D eigenvalue weighted by molar-refractivity contribution is 7.15. The molecule has 0 aliphatic carbocycles. The second-order valence-electron chi connectivity index (χ2n) is 6.51. The number of nitrogens with zero attached hydrogens (tertiary/aromatic N) is 4. The SMILES string of the molecule is CC[C@H](c1cccnc1)N(C)C(=O)c1csc2nc(-c3ccccc3F)cn12. The number of benzene rings is 1. The summed E-state index contributed by atoms with van der Waals surface area (Å²) in [7, 11) is 1.79. The molecule has 1 atom stereocenters. The van der Waals surface area contributed by atoms with E-state index in [0.717, 1.165) is 12.0 Å². The molecule has 3 heterocycles. The first-order valence-corrected chi connectivity index (χ1v) is 9.86. The van der Waals surface area contributed by atoms with Crippen molar-refractivity contribution in [2.45, 2.75) is 19.4 Å². The van der Waals surface area contributed by atoms with E-state index in [9.17, 15) is 9.18 Å². The molecule has 4 aromatic rings. The molecule has 0 N–H and O–H groups in total. The fourth-order valence-electron chi connectivity index (χ4n) is 3.36. The number of thiazole rings is 1. The molecule has 5 nitrogen and oxygen atoms in total. The molecule has 0 radical (unpaired) electrons. The first-order valence-electron chi connectivity index (χ1n) is 8.98. The van der Waals surface area contributed by atoms with E-state index in [-0.39, 0.29) is 17.8 Å². The number of halogens is 1. The number of aromatic nitrogens is 3. The van der Waals surface area contributed by atoms with Crippen molar-refractivity contribution in [2.24, 2.45) is 0 Å². The fraction of sp³-hybridized carbons (Fsp3) is 0.190. The van der Waals surface area contributed by atoms with Crippen molar-refractivity contribution in [3.05, 3.63) is 77.4 Å². The van der Waals surface area contributed by atoms with Gasteiger partial charge in [-0.3, -0.25) is 14.2 Å². The van der Waals surface area contributed by atoms with Crippen molar-refractivity contribution in [1.82, 2.24) is 19.3 Å². The summed E-state index contributed by atoms with van der Waals surface area (Å²) in [5, 5.41) is 1.79.